The van der Waals surface area contributed by atoms with Gasteiger partial charge < -0.3 is 10.1 Å². The maximum atomic E-state index is 5.54. The molecule has 1 aromatic carbocycles. The van der Waals surface area contributed by atoms with Gasteiger partial charge in [0, 0.05) is 6.54 Å². The molecule has 2 heteroatoms. The fraction of sp³-hybridized carbons (Fsp3) is 0.500. The first kappa shape index (κ1) is 14.9. The van der Waals surface area contributed by atoms with Gasteiger partial charge in [0.15, 0.2) is 0 Å². The minimum Gasteiger partial charge on any atom is -0.376 e. The predicted molar refractivity (Wildman–Crippen MR) is 77.9 cm³/mol. The summed E-state index contributed by atoms with van der Waals surface area (Å²) in [5.74, 6) is 0.556. The molecule has 1 aromatic rings. The Balaban J connectivity index is 2.39. The van der Waals surface area contributed by atoms with E-state index in [9.17, 15) is 0 Å². The molecule has 100 valence electrons. The Morgan fingerprint density at radius 2 is 2.06 bits per heavy atom. The Bertz CT molecular complexity index is 331. The minimum atomic E-state index is 0.556. The molecule has 0 spiro atoms. The third-order valence-corrected chi connectivity index (χ3v) is 2.98. The second kappa shape index (κ2) is 8.90. The van der Waals surface area contributed by atoms with Crippen LogP contribution in [0.3, 0.4) is 0 Å². The van der Waals surface area contributed by atoms with Crippen LogP contribution in [-0.2, 0) is 11.3 Å². The van der Waals surface area contributed by atoms with Crippen LogP contribution in [0.25, 0.3) is 0 Å². The van der Waals surface area contributed by atoms with Crippen molar-refractivity contribution in [2.75, 3.05) is 19.7 Å². The monoisotopic (exact) mass is 247 g/mol. The summed E-state index contributed by atoms with van der Waals surface area (Å²) >= 11 is 0. The van der Waals surface area contributed by atoms with Crippen molar-refractivity contribution >= 4 is 0 Å². The molecular weight excluding hydrogens is 222 g/mol. The number of benzene rings is 1. The van der Waals surface area contributed by atoms with Gasteiger partial charge in [-0.2, -0.15) is 0 Å². The average Bonchev–Trinajstić information content (AvgIpc) is 2.41. The van der Waals surface area contributed by atoms with E-state index < -0.39 is 0 Å². The van der Waals surface area contributed by atoms with E-state index >= 15 is 0 Å². The molecule has 0 aromatic heterocycles. The summed E-state index contributed by atoms with van der Waals surface area (Å²) in [5, 5.41) is 3.38. The molecule has 0 aliphatic rings. The Kier molecular flexibility index (Phi) is 7.38. The fourth-order valence-corrected chi connectivity index (χ4v) is 1.78. The SMILES string of the molecule is C=CCCOCc1ccc(C(C)CNCC)cc1. The van der Waals surface area contributed by atoms with Gasteiger partial charge in [-0.05, 0) is 30.0 Å². The van der Waals surface area contributed by atoms with Crippen molar-refractivity contribution in [3.63, 3.8) is 0 Å². The third-order valence-electron chi connectivity index (χ3n) is 2.98. The van der Waals surface area contributed by atoms with Crippen molar-refractivity contribution in [2.24, 2.45) is 0 Å². The molecule has 0 saturated carbocycles. The summed E-state index contributed by atoms with van der Waals surface area (Å²) < 4.78 is 5.54. The van der Waals surface area contributed by atoms with E-state index in [1.165, 1.54) is 11.1 Å². The lowest BCUT2D eigenvalue weighted by Crippen LogP contribution is -2.19. The van der Waals surface area contributed by atoms with Gasteiger partial charge in [-0.15, -0.1) is 6.58 Å². The van der Waals surface area contributed by atoms with Crippen molar-refractivity contribution in [1.82, 2.24) is 5.32 Å². The average molecular weight is 247 g/mol. The van der Waals surface area contributed by atoms with E-state index in [1.54, 1.807) is 0 Å². The van der Waals surface area contributed by atoms with E-state index in [0.29, 0.717) is 12.5 Å². The highest BCUT2D eigenvalue weighted by Gasteiger charge is 2.04. The lowest BCUT2D eigenvalue weighted by Gasteiger charge is -2.13. The van der Waals surface area contributed by atoms with Crippen LogP contribution in [0.5, 0.6) is 0 Å². The Hall–Kier alpha value is -1.12. The molecular formula is C16H25NO. The van der Waals surface area contributed by atoms with Gasteiger partial charge in [0.05, 0.1) is 13.2 Å². The topological polar surface area (TPSA) is 21.3 Å². The van der Waals surface area contributed by atoms with Crippen molar-refractivity contribution in [3.05, 3.63) is 48.0 Å². The smallest absolute Gasteiger partial charge is 0.0717 e. The number of ether oxygens (including phenoxy) is 1. The summed E-state index contributed by atoms with van der Waals surface area (Å²) in [4.78, 5) is 0. The summed E-state index contributed by atoms with van der Waals surface area (Å²) in [7, 11) is 0. The van der Waals surface area contributed by atoms with Crippen LogP contribution in [0, 0.1) is 0 Å². The van der Waals surface area contributed by atoms with E-state index in [1.807, 2.05) is 6.08 Å². The molecule has 0 aliphatic carbocycles. The molecule has 0 bridgehead atoms. The van der Waals surface area contributed by atoms with E-state index in [2.05, 4.69) is 50.0 Å². The molecule has 1 N–H and O–H groups in total. The van der Waals surface area contributed by atoms with Gasteiger partial charge >= 0.3 is 0 Å². The standard InChI is InChI=1S/C16H25NO/c1-4-6-11-18-13-15-7-9-16(10-8-15)14(3)12-17-5-2/h4,7-10,14,17H,1,5-6,11-13H2,2-3H3. The molecule has 1 unspecified atom stereocenters. The van der Waals surface area contributed by atoms with E-state index in [4.69, 9.17) is 4.74 Å². The molecule has 0 amide bonds. The van der Waals surface area contributed by atoms with Gasteiger partial charge in [-0.25, -0.2) is 0 Å². The molecule has 0 aliphatic heterocycles. The zero-order valence-electron chi connectivity index (χ0n) is 11.6. The molecule has 0 heterocycles. The number of rotatable bonds is 9. The number of likely N-dealkylation sites (N-methyl/N-ethyl adjacent to an activating group) is 1. The molecule has 0 fully saturated rings. The van der Waals surface area contributed by atoms with Crippen LogP contribution >= 0.6 is 0 Å². The lowest BCUT2D eigenvalue weighted by molar-refractivity contribution is 0.125. The molecule has 1 rings (SSSR count). The predicted octanol–water partition coefficient (Wildman–Crippen LogP) is 3.49. The van der Waals surface area contributed by atoms with Crippen molar-refractivity contribution in [1.29, 1.82) is 0 Å². The van der Waals surface area contributed by atoms with Crippen LogP contribution < -0.4 is 5.32 Å². The van der Waals surface area contributed by atoms with Crippen LogP contribution in [0.4, 0.5) is 0 Å². The maximum Gasteiger partial charge on any atom is 0.0717 e. The summed E-state index contributed by atoms with van der Waals surface area (Å²) in [6.45, 7) is 11.6. The zero-order chi connectivity index (χ0) is 13.2. The first-order valence-electron chi connectivity index (χ1n) is 6.76. The van der Waals surface area contributed by atoms with Gasteiger partial charge in [-0.3, -0.25) is 0 Å². The van der Waals surface area contributed by atoms with Crippen molar-refractivity contribution < 1.29 is 4.74 Å². The number of hydrogen-bond acceptors (Lipinski definition) is 2. The van der Waals surface area contributed by atoms with Gasteiger partial charge in [-0.1, -0.05) is 44.2 Å². The van der Waals surface area contributed by atoms with Gasteiger partial charge in [0.25, 0.3) is 0 Å². The molecule has 0 saturated heterocycles. The highest BCUT2D eigenvalue weighted by Crippen LogP contribution is 2.15. The van der Waals surface area contributed by atoms with Crippen LogP contribution in [0.2, 0.25) is 0 Å². The Morgan fingerprint density at radius 3 is 2.67 bits per heavy atom. The maximum absolute atomic E-state index is 5.54. The number of hydrogen-bond donors (Lipinski definition) is 1. The largest absolute Gasteiger partial charge is 0.376 e. The van der Waals surface area contributed by atoms with E-state index in [-0.39, 0.29) is 0 Å². The van der Waals surface area contributed by atoms with E-state index in [0.717, 1.165) is 26.1 Å². The quantitative estimate of drug-likeness (QED) is 0.533. The van der Waals surface area contributed by atoms with Crippen LogP contribution in [0.15, 0.2) is 36.9 Å². The van der Waals surface area contributed by atoms with Crippen molar-refractivity contribution in [2.45, 2.75) is 32.8 Å². The first-order chi connectivity index (χ1) is 8.77. The van der Waals surface area contributed by atoms with Gasteiger partial charge in [0.1, 0.15) is 0 Å². The number of nitrogens with one attached hydrogen (secondary N) is 1. The summed E-state index contributed by atoms with van der Waals surface area (Å²) in [6.07, 6.45) is 2.79. The zero-order valence-corrected chi connectivity index (χ0v) is 11.6. The molecule has 2 nitrogen and oxygen atoms in total. The second-order valence-electron chi connectivity index (χ2n) is 4.58. The molecule has 1 atom stereocenters. The Labute approximate surface area is 111 Å². The first-order valence-corrected chi connectivity index (χ1v) is 6.76. The Morgan fingerprint density at radius 1 is 1.33 bits per heavy atom. The summed E-state index contributed by atoms with van der Waals surface area (Å²) in [5.41, 5.74) is 2.62. The second-order valence-corrected chi connectivity index (χ2v) is 4.58. The normalized spacial score (nSPS) is 12.3. The van der Waals surface area contributed by atoms with Crippen LogP contribution in [0.1, 0.15) is 37.3 Å². The van der Waals surface area contributed by atoms with Gasteiger partial charge in [0.2, 0.25) is 0 Å². The lowest BCUT2D eigenvalue weighted by atomic mass is 10.00. The molecule has 0 radical (unpaired) electrons. The summed E-state index contributed by atoms with van der Waals surface area (Å²) in [6, 6.07) is 8.72. The molecule has 18 heavy (non-hydrogen) atoms. The highest BCUT2D eigenvalue weighted by molar-refractivity contribution is 5.24. The highest BCUT2D eigenvalue weighted by atomic mass is 16.5. The fourth-order valence-electron chi connectivity index (χ4n) is 1.78. The van der Waals surface area contributed by atoms with Crippen molar-refractivity contribution in [3.8, 4) is 0 Å². The van der Waals surface area contributed by atoms with Crippen LogP contribution in [-0.4, -0.2) is 19.7 Å². The third kappa shape index (κ3) is 5.48. The minimum absolute atomic E-state index is 0.556.